The van der Waals surface area contributed by atoms with Gasteiger partial charge in [0, 0.05) is 6.04 Å². The lowest BCUT2D eigenvalue weighted by molar-refractivity contribution is 0.253. The highest BCUT2D eigenvalue weighted by atomic mass is 32.2. The molecule has 0 atom stereocenters. The van der Waals surface area contributed by atoms with Crippen LogP contribution < -0.4 is 9.86 Å². The fourth-order valence-corrected chi connectivity index (χ4v) is 3.86. The van der Waals surface area contributed by atoms with Crippen molar-refractivity contribution in [3.8, 4) is 0 Å². The first-order valence-corrected chi connectivity index (χ1v) is 8.35. The molecule has 106 valence electrons. The zero-order valence-electron chi connectivity index (χ0n) is 11.3. The SMILES string of the molecule is CCC1(c2ccccc2)CCC(NS(N)(=O)=O)CC1. The summed E-state index contributed by atoms with van der Waals surface area (Å²) in [6, 6.07) is 10.5. The van der Waals surface area contributed by atoms with Gasteiger partial charge in [-0.1, -0.05) is 37.3 Å². The zero-order chi connectivity index (χ0) is 13.9. The normalized spacial score (nSPS) is 28.2. The molecule has 5 heteroatoms. The second-order valence-electron chi connectivity index (χ2n) is 5.44. The molecule has 4 nitrogen and oxygen atoms in total. The highest BCUT2D eigenvalue weighted by Crippen LogP contribution is 2.42. The van der Waals surface area contributed by atoms with E-state index in [1.807, 2.05) is 6.07 Å². The van der Waals surface area contributed by atoms with Crippen molar-refractivity contribution in [1.82, 2.24) is 4.72 Å². The van der Waals surface area contributed by atoms with Gasteiger partial charge in [-0.3, -0.25) is 0 Å². The van der Waals surface area contributed by atoms with Crippen LogP contribution in [0.15, 0.2) is 30.3 Å². The summed E-state index contributed by atoms with van der Waals surface area (Å²) in [6.07, 6.45) is 4.78. The molecule has 0 amide bonds. The van der Waals surface area contributed by atoms with Gasteiger partial charge >= 0.3 is 0 Å². The van der Waals surface area contributed by atoms with Crippen LogP contribution in [0.2, 0.25) is 0 Å². The Balaban J connectivity index is 2.08. The Bertz CT molecular complexity index is 506. The molecule has 1 aliphatic rings. The molecule has 1 aromatic carbocycles. The Hall–Kier alpha value is -0.910. The van der Waals surface area contributed by atoms with Gasteiger partial charge in [0.25, 0.3) is 10.2 Å². The third kappa shape index (κ3) is 3.55. The predicted octanol–water partition coefficient (Wildman–Crippen LogP) is 2.07. The van der Waals surface area contributed by atoms with Gasteiger partial charge in [-0.2, -0.15) is 13.1 Å². The first-order chi connectivity index (χ1) is 8.95. The molecule has 0 aliphatic heterocycles. The van der Waals surface area contributed by atoms with Crippen LogP contribution in [0.3, 0.4) is 0 Å². The van der Waals surface area contributed by atoms with Gasteiger partial charge in [0.05, 0.1) is 0 Å². The van der Waals surface area contributed by atoms with E-state index in [-0.39, 0.29) is 11.5 Å². The van der Waals surface area contributed by atoms with Crippen LogP contribution in [0, 0.1) is 0 Å². The molecule has 0 radical (unpaired) electrons. The summed E-state index contributed by atoms with van der Waals surface area (Å²) >= 11 is 0. The lowest BCUT2D eigenvalue weighted by Gasteiger charge is -2.40. The number of rotatable bonds is 4. The second kappa shape index (κ2) is 5.61. The van der Waals surface area contributed by atoms with Gasteiger partial charge in [-0.05, 0) is 43.1 Å². The van der Waals surface area contributed by atoms with E-state index < -0.39 is 10.2 Å². The molecular formula is C14H22N2O2S. The molecule has 1 fully saturated rings. The molecule has 0 unspecified atom stereocenters. The van der Waals surface area contributed by atoms with Gasteiger partial charge in [0.1, 0.15) is 0 Å². The van der Waals surface area contributed by atoms with Gasteiger partial charge in [-0.15, -0.1) is 0 Å². The van der Waals surface area contributed by atoms with Crippen LogP contribution in [0.5, 0.6) is 0 Å². The Kier molecular flexibility index (Phi) is 4.28. The molecule has 0 saturated heterocycles. The first kappa shape index (κ1) is 14.5. The van der Waals surface area contributed by atoms with Crippen LogP contribution in [-0.2, 0) is 15.6 Å². The molecule has 0 bridgehead atoms. The van der Waals surface area contributed by atoms with E-state index >= 15 is 0 Å². The van der Waals surface area contributed by atoms with Crippen LogP contribution in [-0.4, -0.2) is 14.5 Å². The largest absolute Gasteiger partial charge is 0.274 e. The fourth-order valence-electron chi connectivity index (χ4n) is 3.16. The molecule has 0 heterocycles. The predicted molar refractivity (Wildman–Crippen MR) is 76.9 cm³/mol. The summed E-state index contributed by atoms with van der Waals surface area (Å²) in [7, 11) is -3.58. The average molecular weight is 282 g/mol. The van der Waals surface area contributed by atoms with Crippen LogP contribution >= 0.6 is 0 Å². The van der Waals surface area contributed by atoms with Crippen LogP contribution in [0.1, 0.15) is 44.6 Å². The molecule has 2 rings (SSSR count). The molecule has 1 aromatic rings. The molecule has 3 N–H and O–H groups in total. The van der Waals surface area contributed by atoms with Crippen molar-refractivity contribution in [2.24, 2.45) is 5.14 Å². The van der Waals surface area contributed by atoms with E-state index in [1.165, 1.54) is 5.56 Å². The second-order valence-corrected chi connectivity index (χ2v) is 6.76. The molecule has 19 heavy (non-hydrogen) atoms. The van der Waals surface area contributed by atoms with Crippen molar-refractivity contribution < 1.29 is 8.42 Å². The van der Waals surface area contributed by atoms with E-state index in [0.29, 0.717) is 0 Å². The number of benzene rings is 1. The number of nitrogens with two attached hydrogens (primary N) is 1. The number of hydrogen-bond donors (Lipinski definition) is 2. The van der Waals surface area contributed by atoms with Gasteiger partial charge in [-0.25, -0.2) is 5.14 Å². The summed E-state index contributed by atoms with van der Waals surface area (Å²) in [6.45, 7) is 2.21. The molecule has 1 aliphatic carbocycles. The maximum atomic E-state index is 11.1. The monoisotopic (exact) mass is 282 g/mol. The Morgan fingerprint density at radius 2 is 1.84 bits per heavy atom. The Morgan fingerprint density at radius 1 is 1.26 bits per heavy atom. The minimum Gasteiger partial charge on any atom is -0.216 e. The van der Waals surface area contributed by atoms with Crippen molar-refractivity contribution in [1.29, 1.82) is 0 Å². The van der Waals surface area contributed by atoms with E-state index in [4.69, 9.17) is 5.14 Å². The van der Waals surface area contributed by atoms with Crippen LogP contribution in [0.4, 0.5) is 0 Å². The number of hydrogen-bond acceptors (Lipinski definition) is 2. The lowest BCUT2D eigenvalue weighted by atomic mass is 9.67. The lowest BCUT2D eigenvalue weighted by Crippen LogP contribution is -2.44. The van der Waals surface area contributed by atoms with E-state index in [0.717, 1.165) is 32.1 Å². The third-order valence-corrected chi connectivity index (χ3v) is 5.00. The highest BCUT2D eigenvalue weighted by Gasteiger charge is 2.35. The topological polar surface area (TPSA) is 72.2 Å². The van der Waals surface area contributed by atoms with Gasteiger partial charge in [0.2, 0.25) is 0 Å². The Labute approximate surface area is 115 Å². The summed E-state index contributed by atoms with van der Waals surface area (Å²) in [4.78, 5) is 0. The van der Waals surface area contributed by atoms with Gasteiger partial charge in [0.15, 0.2) is 0 Å². The van der Waals surface area contributed by atoms with Crippen molar-refractivity contribution in [2.75, 3.05) is 0 Å². The summed E-state index contributed by atoms with van der Waals surface area (Å²) < 4.78 is 24.7. The summed E-state index contributed by atoms with van der Waals surface area (Å²) in [5.41, 5.74) is 1.56. The molecule has 0 spiro atoms. The zero-order valence-corrected chi connectivity index (χ0v) is 12.1. The molecule has 0 aromatic heterocycles. The van der Waals surface area contributed by atoms with E-state index in [1.54, 1.807) is 0 Å². The smallest absolute Gasteiger partial charge is 0.216 e. The first-order valence-electron chi connectivity index (χ1n) is 6.81. The van der Waals surface area contributed by atoms with E-state index in [9.17, 15) is 8.42 Å². The Morgan fingerprint density at radius 3 is 2.32 bits per heavy atom. The minimum absolute atomic E-state index is 0.0154. The van der Waals surface area contributed by atoms with Crippen molar-refractivity contribution in [3.05, 3.63) is 35.9 Å². The summed E-state index contributed by atoms with van der Waals surface area (Å²) in [5.74, 6) is 0. The highest BCUT2D eigenvalue weighted by molar-refractivity contribution is 7.87. The molecular weight excluding hydrogens is 260 g/mol. The minimum atomic E-state index is -3.58. The average Bonchev–Trinajstić information content (AvgIpc) is 2.39. The van der Waals surface area contributed by atoms with Crippen molar-refractivity contribution >= 4 is 10.2 Å². The fraction of sp³-hybridized carbons (Fsp3) is 0.571. The van der Waals surface area contributed by atoms with Gasteiger partial charge < -0.3 is 0 Å². The van der Waals surface area contributed by atoms with E-state index in [2.05, 4.69) is 35.9 Å². The molecule has 1 saturated carbocycles. The van der Waals surface area contributed by atoms with Crippen molar-refractivity contribution in [2.45, 2.75) is 50.5 Å². The summed E-state index contributed by atoms with van der Waals surface area (Å²) in [5, 5.41) is 5.04. The maximum absolute atomic E-state index is 11.1. The standard InChI is InChI=1S/C14H22N2O2S/c1-2-14(12-6-4-3-5-7-12)10-8-13(9-11-14)16-19(15,17)18/h3-7,13,16H,2,8-11H2,1H3,(H2,15,17,18). The van der Waals surface area contributed by atoms with Crippen LogP contribution in [0.25, 0.3) is 0 Å². The quantitative estimate of drug-likeness (QED) is 0.887. The maximum Gasteiger partial charge on any atom is 0.274 e. The number of nitrogens with one attached hydrogen (secondary N) is 1. The third-order valence-electron chi connectivity index (χ3n) is 4.34. The van der Waals surface area contributed by atoms with Crippen molar-refractivity contribution in [3.63, 3.8) is 0 Å².